The minimum absolute atomic E-state index is 0.101. The van der Waals surface area contributed by atoms with Crippen LogP contribution in [0.15, 0.2) is 17.3 Å². The number of hydrogen-bond acceptors (Lipinski definition) is 5. The van der Waals surface area contributed by atoms with Gasteiger partial charge in [-0.2, -0.15) is 5.10 Å². The molecule has 0 spiro atoms. The Bertz CT molecular complexity index is 588. The lowest BCUT2D eigenvalue weighted by Gasteiger charge is -2.30. The van der Waals surface area contributed by atoms with E-state index >= 15 is 0 Å². The summed E-state index contributed by atoms with van der Waals surface area (Å²) in [6.45, 7) is 5.05. The maximum atomic E-state index is 12.3. The normalized spacial score (nSPS) is 14.1. The van der Waals surface area contributed by atoms with Crippen molar-refractivity contribution in [2.45, 2.75) is 44.7 Å². The number of carboxylic acid groups (broad SMARTS) is 1. The van der Waals surface area contributed by atoms with Crippen molar-refractivity contribution in [3.05, 3.63) is 12.4 Å². The van der Waals surface area contributed by atoms with Gasteiger partial charge in [0, 0.05) is 18.8 Å². The molecule has 0 amide bonds. The second-order valence-corrected chi connectivity index (χ2v) is 7.53. The van der Waals surface area contributed by atoms with Crippen LogP contribution in [0.3, 0.4) is 0 Å². The van der Waals surface area contributed by atoms with Gasteiger partial charge in [-0.15, -0.1) is 0 Å². The number of nitrogens with one attached hydrogen (secondary N) is 1. The van der Waals surface area contributed by atoms with Gasteiger partial charge < -0.3 is 10.2 Å². The molecule has 0 aliphatic heterocycles. The molecule has 1 heterocycles. The van der Waals surface area contributed by atoms with E-state index in [1.807, 2.05) is 20.8 Å². The van der Waals surface area contributed by atoms with Crippen molar-refractivity contribution in [2.75, 3.05) is 6.61 Å². The first-order valence-corrected chi connectivity index (χ1v) is 7.92. The maximum absolute atomic E-state index is 12.3. The second-order valence-electron chi connectivity index (χ2n) is 5.82. The van der Waals surface area contributed by atoms with Gasteiger partial charge in [0.1, 0.15) is 11.4 Å². The van der Waals surface area contributed by atoms with E-state index in [1.165, 1.54) is 0 Å². The van der Waals surface area contributed by atoms with E-state index in [4.69, 9.17) is 10.2 Å². The summed E-state index contributed by atoms with van der Waals surface area (Å²) in [5.41, 5.74) is -0.368. The molecule has 1 atom stereocenters. The molecule has 0 fully saturated rings. The molecular weight excluding hydrogens is 298 g/mol. The quantitative estimate of drug-likeness (QED) is 0.652. The van der Waals surface area contributed by atoms with Gasteiger partial charge in [0.25, 0.3) is 0 Å². The molecule has 1 unspecified atom stereocenters. The fourth-order valence-corrected chi connectivity index (χ4v) is 3.19. The Labute approximate surface area is 123 Å². The van der Waals surface area contributed by atoms with Gasteiger partial charge in [-0.1, -0.05) is 20.8 Å². The number of aromatic nitrogens is 2. The van der Waals surface area contributed by atoms with Crippen molar-refractivity contribution < 1.29 is 23.4 Å². The summed E-state index contributed by atoms with van der Waals surface area (Å²) in [5.74, 6) is -1.11. The first-order chi connectivity index (χ1) is 9.56. The van der Waals surface area contributed by atoms with Crippen molar-refractivity contribution in [3.63, 3.8) is 0 Å². The van der Waals surface area contributed by atoms with Gasteiger partial charge in [0.15, 0.2) is 0 Å². The predicted octanol–water partition coefficient (Wildman–Crippen LogP) is 0.0431. The van der Waals surface area contributed by atoms with Crippen LogP contribution >= 0.6 is 0 Å². The summed E-state index contributed by atoms with van der Waals surface area (Å²) in [6.07, 6.45) is 2.55. The summed E-state index contributed by atoms with van der Waals surface area (Å²) < 4.78 is 28.1. The highest BCUT2D eigenvalue weighted by Crippen LogP contribution is 2.23. The lowest BCUT2D eigenvalue weighted by atomic mass is 9.86. The van der Waals surface area contributed by atoms with Crippen LogP contribution in [0, 0.1) is 5.41 Å². The van der Waals surface area contributed by atoms with Gasteiger partial charge in [-0.3, -0.25) is 9.48 Å². The second kappa shape index (κ2) is 6.54. The molecule has 0 aliphatic carbocycles. The van der Waals surface area contributed by atoms with Crippen molar-refractivity contribution in [1.82, 2.24) is 14.5 Å². The Kier molecular flexibility index (Phi) is 5.48. The van der Waals surface area contributed by atoms with Gasteiger partial charge in [-0.05, 0) is 11.8 Å². The Morgan fingerprint density at radius 2 is 2.10 bits per heavy atom. The van der Waals surface area contributed by atoms with Crippen LogP contribution < -0.4 is 4.72 Å². The van der Waals surface area contributed by atoms with Gasteiger partial charge in [0.05, 0.1) is 6.20 Å². The van der Waals surface area contributed by atoms with E-state index in [0.29, 0.717) is 0 Å². The standard InChI is InChI=1S/C12H21N3O5S/c1-12(2,3)10(4-5-16)14-21(19,20)9-6-13-15(7-9)8-11(17)18/h6-7,10,14,16H,4-5,8H2,1-3H3,(H,17,18). The summed E-state index contributed by atoms with van der Waals surface area (Å²) in [5, 5.41) is 21.4. The number of hydrogen-bond donors (Lipinski definition) is 3. The number of aliphatic hydroxyl groups is 1. The van der Waals surface area contributed by atoms with E-state index in [-0.39, 0.29) is 23.3 Å². The monoisotopic (exact) mass is 319 g/mol. The average Bonchev–Trinajstić information content (AvgIpc) is 2.75. The molecule has 0 radical (unpaired) electrons. The van der Waals surface area contributed by atoms with Crippen molar-refractivity contribution in [2.24, 2.45) is 5.41 Å². The molecule has 1 aromatic heterocycles. The fourth-order valence-electron chi connectivity index (χ4n) is 1.76. The third kappa shape index (κ3) is 5.10. The molecule has 1 aromatic rings. The highest BCUT2D eigenvalue weighted by Gasteiger charge is 2.29. The Hall–Kier alpha value is -1.45. The predicted molar refractivity (Wildman–Crippen MR) is 75.1 cm³/mol. The van der Waals surface area contributed by atoms with Crippen LogP contribution in [0.2, 0.25) is 0 Å². The molecule has 3 N–H and O–H groups in total. The molecule has 120 valence electrons. The largest absolute Gasteiger partial charge is 0.480 e. The van der Waals surface area contributed by atoms with Crippen LogP contribution in [0.5, 0.6) is 0 Å². The third-order valence-electron chi connectivity index (χ3n) is 2.98. The van der Waals surface area contributed by atoms with Crippen LogP contribution in [-0.2, 0) is 21.4 Å². The highest BCUT2D eigenvalue weighted by molar-refractivity contribution is 7.89. The molecule has 0 bridgehead atoms. The number of sulfonamides is 1. The molecule has 21 heavy (non-hydrogen) atoms. The van der Waals surface area contributed by atoms with E-state index < -0.39 is 28.6 Å². The molecule has 0 aliphatic rings. The van der Waals surface area contributed by atoms with Crippen LogP contribution in [0.1, 0.15) is 27.2 Å². The van der Waals surface area contributed by atoms with Gasteiger partial charge in [0.2, 0.25) is 10.0 Å². The van der Waals surface area contributed by atoms with Crippen LogP contribution in [0.4, 0.5) is 0 Å². The minimum atomic E-state index is -3.82. The highest BCUT2D eigenvalue weighted by atomic mass is 32.2. The molecule has 9 heteroatoms. The van der Waals surface area contributed by atoms with E-state index in [9.17, 15) is 13.2 Å². The zero-order valence-electron chi connectivity index (χ0n) is 12.3. The lowest BCUT2D eigenvalue weighted by molar-refractivity contribution is -0.137. The van der Waals surface area contributed by atoms with Crippen molar-refractivity contribution >= 4 is 16.0 Å². The van der Waals surface area contributed by atoms with Crippen molar-refractivity contribution in [1.29, 1.82) is 0 Å². The average molecular weight is 319 g/mol. The summed E-state index contributed by atoms with van der Waals surface area (Å²) in [6, 6.07) is -0.449. The van der Waals surface area contributed by atoms with Gasteiger partial charge in [-0.25, -0.2) is 13.1 Å². The molecule has 0 saturated heterocycles. The molecule has 0 aromatic carbocycles. The summed E-state index contributed by atoms with van der Waals surface area (Å²) >= 11 is 0. The first-order valence-electron chi connectivity index (χ1n) is 6.43. The first kappa shape index (κ1) is 17.6. The zero-order chi connectivity index (χ0) is 16.3. The summed E-state index contributed by atoms with van der Waals surface area (Å²) in [4.78, 5) is 10.5. The fraction of sp³-hybridized carbons (Fsp3) is 0.667. The maximum Gasteiger partial charge on any atom is 0.325 e. The SMILES string of the molecule is CC(C)(C)C(CCO)NS(=O)(=O)c1cnn(CC(=O)O)c1. The summed E-state index contributed by atoms with van der Waals surface area (Å²) in [7, 11) is -3.82. The molecule has 1 rings (SSSR count). The Morgan fingerprint density at radius 1 is 1.48 bits per heavy atom. The topological polar surface area (TPSA) is 122 Å². The van der Waals surface area contributed by atoms with E-state index in [0.717, 1.165) is 17.1 Å². The number of rotatable bonds is 7. The van der Waals surface area contributed by atoms with Gasteiger partial charge >= 0.3 is 5.97 Å². The lowest BCUT2D eigenvalue weighted by Crippen LogP contribution is -2.44. The van der Waals surface area contributed by atoms with E-state index in [2.05, 4.69) is 9.82 Å². The van der Waals surface area contributed by atoms with Crippen LogP contribution in [0.25, 0.3) is 0 Å². The molecular formula is C12H21N3O5S. The molecule has 0 saturated carbocycles. The smallest absolute Gasteiger partial charge is 0.325 e. The van der Waals surface area contributed by atoms with Crippen molar-refractivity contribution in [3.8, 4) is 0 Å². The Balaban J connectivity index is 2.94. The number of carbonyl (C=O) groups is 1. The molecule has 8 nitrogen and oxygen atoms in total. The number of aliphatic hydroxyl groups excluding tert-OH is 1. The number of nitrogens with zero attached hydrogens (tertiary/aromatic N) is 2. The zero-order valence-corrected chi connectivity index (χ0v) is 13.1. The third-order valence-corrected chi connectivity index (χ3v) is 4.40. The van der Waals surface area contributed by atoms with E-state index in [1.54, 1.807) is 0 Å². The Morgan fingerprint density at radius 3 is 2.57 bits per heavy atom. The number of aliphatic carboxylic acids is 1. The van der Waals surface area contributed by atoms with Crippen LogP contribution in [-0.4, -0.2) is 47.0 Å². The number of carboxylic acids is 1. The minimum Gasteiger partial charge on any atom is -0.480 e.